The zero-order valence-corrected chi connectivity index (χ0v) is 16.8. The van der Waals surface area contributed by atoms with Gasteiger partial charge in [0.25, 0.3) is 0 Å². The van der Waals surface area contributed by atoms with E-state index in [1.807, 2.05) is 22.9 Å². The summed E-state index contributed by atoms with van der Waals surface area (Å²) in [5, 5.41) is 9.43. The summed E-state index contributed by atoms with van der Waals surface area (Å²) in [6.07, 6.45) is 7.85. The van der Waals surface area contributed by atoms with Crippen LogP contribution in [0.2, 0.25) is 0 Å². The van der Waals surface area contributed by atoms with Gasteiger partial charge >= 0.3 is 6.09 Å². The molecule has 0 aliphatic carbocycles. The average molecular weight is 418 g/mol. The zero-order valence-electron chi connectivity index (χ0n) is 16.8. The number of aromatic nitrogens is 3. The molecule has 1 aromatic carbocycles. The Morgan fingerprint density at radius 3 is 2.68 bits per heavy atom. The van der Waals surface area contributed by atoms with Crippen LogP contribution >= 0.6 is 0 Å². The predicted molar refractivity (Wildman–Crippen MR) is 111 cm³/mol. The Hall–Kier alpha value is -3.55. The molecule has 0 unspecified atom stereocenters. The Morgan fingerprint density at radius 1 is 1.13 bits per heavy atom. The SMILES string of the molecule is O=C(O)N1[C@@H]2CC[C@H]1C[C@H](Oc1ccc3c(n1)OCc1cc(-n4ccnc4)ccc1-3)C2. The van der Waals surface area contributed by atoms with Crippen LogP contribution in [0.1, 0.15) is 31.2 Å². The summed E-state index contributed by atoms with van der Waals surface area (Å²) >= 11 is 0. The molecule has 158 valence electrons. The van der Waals surface area contributed by atoms with Crippen molar-refractivity contribution in [2.24, 2.45) is 0 Å². The second kappa shape index (κ2) is 7.01. The lowest BCUT2D eigenvalue weighted by atomic mass is 9.98. The van der Waals surface area contributed by atoms with Crippen LogP contribution < -0.4 is 9.47 Å². The molecule has 3 aliphatic heterocycles. The average Bonchev–Trinajstić information content (AvgIpc) is 3.40. The fraction of sp³-hybridized carbons (Fsp3) is 0.348. The molecule has 1 N–H and O–H groups in total. The van der Waals surface area contributed by atoms with Gasteiger partial charge in [0.1, 0.15) is 12.7 Å². The lowest BCUT2D eigenvalue weighted by Gasteiger charge is -2.36. The number of amides is 1. The normalized spacial score (nSPS) is 23.6. The van der Waals surface area contributed by atoms with Crippen LogP contribution in [0.15, 0.2) is 49.1 Å². The molecule has 3 aromatic rings. The van der Waals surface area contributed by atoms with E-state index in [0.29, 0.717) is 31.2 Å². The van der Waals surface area contributed by atoms with Crippen molar-refractivity contribution >= 4 is 6.09 Å². The molecule has 0 radical (unpaired) electrons. The Labute approximate surface area is 179 Å². The highest BCUT2D eigenvalue weighted by Gasteiger charge is 2.44. The monoisotopic (exact) mass is 418 g/mol. The number of pyridine rings is 1. The summed E-state index contributed by atoms with van der Waals surface area (Å²) in [5.74, 6) is 1.11. The van der Waals surface area contributed by atoms with Gasteiger partial charge in [0.05, 0.1) is 6.33 Å². The highest BCUT2D eigenvalue weighted by molar-refractivity contribution is 5.75. The van der Waals surface area contributed by atoms with Crippen LogP contribution in [-0.4, -0.2) is 48.8 Å². The number of ether oxygens (including phenoxy) is 2. The summed E-state index contributed by atoms with van der Waals surface area (Å²) in [6, 6.07) is 10.2. The van der Waals surface area contributed by atoms with Crippen LogP contribution in [-0.2, 0) is 6.61 Å². The lowest BCUT2D eigenvalue weighted by molar-refractivity contribution is 0.0474. The van der Waals surface area contributed by atoms with Crippen molar-refractivity contribution < 1.29 is 19.4 Å². The number of piperidine rings is 1. The Kier molecular flexibility index (Phi) is 4.12. The Balaban J connectivity index is 1.22. The van der Waals surface area contributed by atoms with Gasteiger partial charge < -0.3 is 24.0 Å². The summed E-state index contributed by atoms with van der Waals surface area (Å²) in [5.41, 5.74) is 4.20. The predicted octanol–water partition coefficient (Wildman–Crippen LogP) is 3.88. The topological polar surface area (TPSA) is 89.7 Å². The molecule has 2 fully saturated rings. The molecule has 2 aromatic heterocycles. The molecule has 5 heterocycles. The molecule has 0 spiro atoms. The highest BCUT2D eigenvalue weighted by atomic mass is 16.5. The number of carboxylic acid groups (broad SMARTS) is 1. The quantitative estimate of drug-likeness (QED) is 0.694. The molecule has 0 saturated carbocycles. The third-order valence-corrected chi connectivity index (χ3v) is 6.58. The minimum Gasteiger partial charge on any atom is -0.474 e. The van der Waals surface area contributed by atoms with Crippen LogP contribution in [0.25, 0.3) is 16.8 Å². The maximum atomic E-state index is 11.5. The molecule has 8 heteroatoms. The number of rotatable bonds is 3. The van der Waals surface area contributed by atoms with E-state index >= 15 is 0 Å². The molecular formula is C23H22N4O4. The van der Waals surface area contributed by atoms with Crippen molar-refractivity contribution in [3.05, 3.63) is 54.6 Å². The number of hydrogen-bond donors (Lipinski definition) is 1. The van der Waals surface area contributed by atoms with E-state index in [4.69, 9.17) is 9.47 Å². The highest BCUT2D eigenvalue weighted by Crippen LogP contribution is 2.40. The van der Waals surface area contributed by atoms with Gasteiger partial charge in [-0.3, -0.25) is 0 Å². The Bertz CT molecular complexity index is 1130. The maximum Gasteiger partial charge on any atom is 0.407 e. The smallest absolute Gasteiger partial charge is 0.407 e. The molecule has 1 amide bonds. The van der Waals surface area contributed by atoms with Crippen LogP contribution in [0.5, 0.6) is 11.8 Å². The Morgan fingerprint density at radius 2 is 1.94 bits per heavy atom. The van der Waals surface area contributed by atoms with Gasteiger partial charge in [0.2, 0.25) is 11.8 Å². The number of fused-ring (bicyclic) bond motifs is 5. The number of nitrogens with zero attached hydrogens (tertiary/aromatic N) is 4. The fourth-order valence-corrected chi connectivity index (χ4v) is 5.19. The third-order valence-electron chi connectivity index (χ3n) is 6.58. The third kappa shape index (κ3) is 3.10. The van der Waals surface area contributed by atoms with Crippen molar-refractivity contribution in [2.45, 2.75) is 50.5 Å². The molecule has 3 atom stereocenters. The van der Waals surface area contributed by atoms with Gasteiger partial charge in [-0.15, -0.1) is 0 Å². The minimum absolute atomic E-state index is 0.0211. The largest absolute Gasteiger partial charge is 0.474 e. The van der Waals surface area contributed by atoms with Gasteiger partial charge in [-0.1, -0.05) is 6.07 Å². The van der Waals surface area contributed by atoms with E-state index in [1.54, 1.807) is 17.4 Å². The van der Waals surface area contributed by atoms with E-state index in [0.717, 1.165) is 35.2 Å². The fourth-order valence-electron chi connectivity index (χ4n) is 5.19. The molecule has 3 aliphatic rings. The van der Waals surface area contributed by atoms with Crippen molar-refractivity contribution in [1.82, 2.24) is 19.4 Å². The number of benzene rings is 1. The van der Waals surface area contributed by atoms with Gasteiger partial charge in [-0.2, -0.15) is 4.98 Å². The first kappa shape index (κ1) is 18.2. The van der Waals surface area contributed by atoms with Crippen LogP contribution in [0.3, 0.4) is 0 Å². The van der Waals surface area contributed by atoms with Gasteiger partial charge in [0, 0.05) is 54.6 Å². The molecule has 2 saturated heterocycles. The van der Waals surface area contributed by atoms with Crippen LogP contribution in [0, 0.1) is 0 Å². The molecular weight excluding hydrogens is 396 g/mol. The zero-order chi connectivity index (χ0) is 20.9. The van der Waals surface area contributed by atoms with E-state index in [-0.39, 0.29) is 18.2 Å². The van der Waals surface area contributed by atoms with Crippen molar-refractivity contribution in [2.75, 3.05) is 0 Å². The molecule has 2 bridgehead atoms. The minimum atomic E-state index is -0.818. The molecule has 6 rings (SSSR count). The van der Waals surface area contributed by atoms with E-state index in [1.165, 1.54) is 0 Å². The number of hydrogen-bond acceptors (Lipinski definition) is 5. The second-order valence-corrected chi connectivity index (χ2v) is 8.39. The standard InChI is InChI=1S/C23H22N4O4/c28-23(29)27-16-1-2-17(27)11-18(10-16)31-21-6-5-20-19-4-3-15(26-8-7-24-13-26)9-14(19)12-30-22(20)25-21/h3-9,13,16-18H,1-2,10-12H2,(H,28,29)/t16-,17+,18-. The lowest BCUT2D eigenvalue weighted by Crippen LogP contribution is -2.48. The summed E-state index contributed by atoms with van der Waals surface area (Å²) in [4.78, 5) is 21.8. The number of carbonyl (C=O) groups is 1. The summed E-state index contributed by atoms with van der Waals surface area (Å²) in [6.45, 7) is 0.447. The maximum absolute atomic E-state index is 11.5. The summed E-state index contributed by atoms with van der Waals surface area (Å²) < 4.78 is 14.1. The van der Waals surface area contributed by atoms with Gasteiger partial charge in [-0.25, -0.2) is 9.78 Å². The van der Waals surface area contributed by atoms with Crippen LogP contribution in [0.4, 0.5) is 4.79 Å². The van der Waals surface area contributed by atoms with Gasteiger partial charge in [0.15, 0.2) is 0 Å². The first-order valence-electron chi connectivity index (χ1n) is 10.6. The molecule has 8 nitrogen and oxygen atoms in total. The van der Waals surface area contributed by atoms with Crippen molar-refractivity contribution in [3.8, 4) is 28.6 Å². The van der Waals surface area contributed by atoms with Crippen molar-refractivity contribution in [3.63, 3.8) is 0 Å². The number of imidazole rings is 1. The summed E-state index contributed by atoms with van der Waals surface area (Å²) in [7, 11) is 0. The molecule has 31 heavy (non-hydrogen) atoms. The van der Waals surface area contributed by atoms with E-state index in [2.05, 4.69) is 28.2 Å². The van der Waals surface area contributed by atoms with E-state index < -0.39 is 6.09 Å². The second-order valence-electron chi connectivity index (χ2n) is 8.39. The van der Waals surface area contributed by atoms with Crippen molar-refractivity contribution in [1.29, 1.82) is 0 Å². The first-order valence-corrected chi connectivity index (χ1v) is 10.6. The van der Waals surface area contributed by atoms with E-state index in [9.17, 15) is 9.90 Å². The van der Waals surface area contributed by atoms with Gasteiger partial charge in [-0.05, 0) is 42.2 Å². The first-order chi connectivity index (χ1) is 15.2.